The number of benzene rings is 1. The van der Waals surface area contributed by atoms with Gasteiger partial charge in [-0.15, -0.1) is 0 Å². The zero-order valence-electron chi connectivity index (χ0n) is 10.4. The Bertz CT molecular complexity index is 450. The predicted octanol–water partition coefficient (Wildman–Crippen LogP) is 2.96. The van der Waals surface area contributed by atoms with E-state index in [2.05, 4.69) is 11.8 Å². The van der Waals surface area contributed by atoms with Crippen LogP contribution in [0.4, 0.5) is 5.69 Å². The van der Waals surface area contributed by atoms with Crippen LogP contribution in [-0.2, 0) is 0 Å². The molecule has 1 unspecified atom stereocenters. The van der Waals surface area contributed by atoms with Crippen molar-refractivity contribution in [3.05, 3.63) is 28.8 Å². The van der Waals surface area contributed by atoms with Gasteiger partial charge in [-0.1, -0.05) is 18.5 Å². The molecule has 0 aliphatic carbocycles. The van der Waals surface area contributed by atoms with Gasteiger partial charge in [0.25, 0.3) is 0 Å². The quantitative estimate of drug-likeness (QED) is 0.662. The molecule has 1 saturated heterocycles. The Hall–Kier alpha value is -0.870. The lowest BCUT2D eigenvalue weighted by molar-refractivity contribution is 0.728. The van der Waals surface area contributed by atoms with Crippen LogP contribution in [0, 0.1) is 5.41 Å². The first-order valence-corrected chi connectivity index (χ1v) is 7.55. The van der Waals surface area contributed by atoms with Crippen LogP contribution in [0.5, 0.6) is 0 Å². The van der Waals surface area contributed by atoms with Crippen molar-refractivity contribution >= 4 is 34.9 Å². The highest BCUT2D eigenvalue weighted by Gasteiger charge is 2.21. The zero-order valence-corrected chi connectivity index (χ0v) is 12.0. The minimum absolute atomic E-state index is 0.105. The fourth-order valence-corrected chi connectivity index (χ4v) is 3.53. The molecule has 1 aliphatic rings. The van der Waals surface area contributed by atoms with Crippen molar-refractivity contribution in [2.45, 2.75) is 18.6 Å². The van der Waals surface area contributed by atoms with E-state index < -0.39 is 0 Å². The number of nitrogens with two attached hydrogens (primary N) is 1. The lowest BCUT2D eigenvalue weighted by Crippen LogP contribution is -2.38. The predicted molar refractivity (Wildman–Crippen MR) is 81.2 cm³/mol. The first-order chi connectivity index (χ1) is 8.61. The molecule has 0 radical (unpaired) electrons. The Balaban J connectivity index is 2.31. The van der Waals surface area contributed by atoms with Gasteiger partial charge < -0.3 is 10.6 Å². The molecule has 1 heterocycles. The molecule has 1 aromatic rings. The normalized spacial score (nSPS) is 19.9. The third kappa shape index (κ3) is 2.93. The van der Waals surface area contributed by atoms with E-state index in [0.717, 1.165) is 36.5 Å². The summed E-state index contributed by atoms with van der Waals surface area (Å²) in [5.41, 5.74) is 7.42. The number of amidine groups is 1. The van der Waals surface area contributed by atoms with Crippen LogP contribution in [0.15, 0.2) is 18.2 Å². The van der Waals surface area contributed by atoms with Crippen molar-refractivity contribution in [3.8, 4) is 0 Å². The molecule has 18 heavy (non-hydrogen) atoms. The number of anilines is 1. The summed E-state index contributed by atoms with van der Waals surface area (Å²) in [4.78, 5) is 2.30. The highest BCUT2D eigenvalue weighted by atomic mass is 35.5. The maximum absolute atomic E-state index is 7.66. The molecule has 1 aliphatic heterocycles. The van der Waals surface area contributed by atoms with Gasteiger partial charge in [-0.2, -0.15) is 11.8 Å². The second-order valence-corrected chi connectivity index (χ2v) is 6.27. The molecule has 0 saturated carbocycles. The molecule has 2 rings (SSSR count). The van der Waals surface area contributed by atoms with Crippen LogP contribution in [-0.4, -0.2) is 29.9 Å². The molecule has 3 N–H and O–H groups in total. The fraction of sp³-hybridized carbons (Fsp3) is 0.462. The van der Waals surface area contributed by atoms with Gasteiger partial charge in [0.1, 0.15) is 5.84 Å². The molecule has 0 bridgehead atoms. The standard InChI is InChI=1S/C13H18ClN3S/c1-2-10-8-17(5-6-18-10)12-7-9(14)3-4-11(12)13(15)16/h3-4,7,10H,2,5-6,8H2,1H3,(H3,15,16). The number of thioether (sulfide) groups is 1. The monoisotopic (exact) mass is 283 g/mol. The average molecular weight is 284 g/mol. The van der Waals surface area contributed by atoms with Crippen molar-refractivity contribution in [3.63, 3.8) is 0 Å². The summed E-state index contributed by atoms with van der Waals surface area (Å²) in [6.07, 6.45) is 1.16. The van der Waals surface area contributed by atoms with Crippen LogP contribution in [0.2, 0.25) is 5.02 Å². The summed E-state index contributed by atoms with van der Waals surface area (Å²) in [7, 11) is 0. The number of hydrogen-bond donors (Lipinski definition) is 2. The molecule has 1 aromatic carbocycles. The van der Waals surface area contributed by atoms with Crippen molar-refractivity contribution in [2.75, 3.05) is 23.7 Å². The van der Waals surface area contributed by atoms with Crippen LogP contribution in [0.25, 0.3) is 0 Å². The van der Waals surface area contributed by atoms with E-state index in [1.54, 1.807) is 6.07 Å². The van der Waals surface area contributed by atoms with Crippen LogP contribution < -0.4 is 10.6 Å². The first kappa shape index (κ1) is 13.6. The van der Waals surface area contributed by atoms with Gasteiger partial charge in [-0.3, -0.25) is 5.41 Å². The lowest BCUT2D eigenvalue weighted by atomic mass is 10.1. The summed E-state index contributed by atoms with van der Waals surface area (Å²) in [5.74, 6) is 1.22. The van der Waals surface area contributed by atoms with E-state index in [-0.39, 0.29) is 5.84 Å². The first-order valence-electron chi connectivity index (χ1n) is 6.12. The molecule has 0 spiro atoms. The van der Waals surface area contributed by atoms with E-state index in [1.807, 2.05) is 23.9 Å². The molecule has 1 atom stereocenters. The van der Waals surface area contributed by atoms with Crippen molar-refractivity contribution in [1.82, 2.24) is 0 Å². The number of nitrogens with one attached hydrogen (secondary N) is 1. The van der Waals surface area contributed by atoms with E-state index >= 15 is 0 Å². The summed E-state index contributed by atoms with van der Waals surface area (Å²) in [6, 6.07) is 5.54. The number of halogens is 1. The maximum atomic E-state index is 7.66. The third-order valence-corrected chi connectivity index (χ3v) is 4.79. The molecule has 1 fully saturated rings. The Morgan fingerprint density at radius 2 is 2.39 bits per heavy atom. The molecule has 0 amide bonds. The Morgan fingerprint density at radius 1 is 1.61 bits per heavy atom. The van der Waals surface area contributed by atoms with Gasteiger partial charge in [0.05, 0.1) is 0 Å². The largest absolute Gasteiger partial charge is 0.384 e. The minimum Gasteiger partial charge on any atom is -0.384 e. The summed E-state index contributed by atoms with van der Waals surface area (Å²) >= 11 is 8.09. The number of rotatable bonds is 3. The van der Waals surface area contributed by atoms with E-state index in [1.165, 1.54) is 0 Å². The molecular formula is C13H18ClN3S. The second-order valence-electron chi connectivity index (χ2n) is 4.42. The van der Waals surface area contributed by atoms with E-state index in [4.69, 9.17) is 22.7 Å². The smallest absolute Gasteiger partial charge is 0.124 e. The maximum Gasteiger partial charge on any atom is 0.124 e. The number of hydrogen-bond acceptors (Lipinski definition) is 3. The Morgan fingerprint density at radius 3 is 3.06 bits per heavy atom. The molecule has 98 valence electrons. The zero-order chi connectivity index (χ0) is 13.1. The highest BCUT2D eigenvalue weighted by Crippen LogP contribution is 2.30. The van der Waals surface area contributed by atoms with Gasteiger partial charge in [-0.25, -0.2) is 0 Å². The fourth-order valence-electron chi connectivity index (χ4n) is 2.18. The van der Waals surface area contributed by atoms with Crippen molar-refractivity contribution < 1.29 is 0 Å². The number of nitrogen functional groups attached to an aromatic ring is 1. The van der Waals surface area contributed by atoms with Gasteiger partial charge in [0.2, 0.25) is 0 Å². The Labute approximate surface area is 117 Å². The van der Waals surface area contributed by atoms with E-state index in [0.29, 0.717) is 10.3 Å². The summed E-state index contributed by atoms with van der Waals surface area (Å²) in [6.45, 7) is 4.20. The van der Waals surface area contributed by atoms with Crippen LogP contribution in [0.3, 0.4) is 0 Å². The SMILES string of the molecule is CCC1CN(c2cc(Cl)ccc2C(=N)N)CCS1. The third-order valence-electron chi connectivity index (χ3n) is 3.18. The summed E-state index contributed by atoms with van der Waals surface area (Å²) < 4.78 is 0. The van der Waals surface area contributed by atoms with E-state index in [9.17, 15) is 0 Å². The van der Waals surface area contributed by atoms with Crippen molar-refractivity contribution in [1.29, 1.82) is 5.41 Å². The second kappa shape index (κ2) is 5.85. The molecule has 3 nitrogen and oxygen atoms in total. The molecule has 5 heteroatoms. The average Bonchev–Trinajstić information content (AvgIpc) is 2.38. The van der Waals surface area contributed by atoms with Crippen molar-refractivity contribution in [2.24, 2.45) is 5.73 Å². The number of nitrogens with zero attached hydrogens (tertiary/aromatic N) is 1. The topological polar surface area (TPSA) is 53.1 Å². The highest BCUT2D eigenvalue weighted by molar-refractivity contribution is 8.00. The van der Waals surface area contributed by atoms with Gasteiger partial charge in [-0.05, 0) is 24.6 Å². The summed E-state index contributed by atoms with van der Waals surface area (Å²) in [5, 5.41) is 9.01. The molecular weight excluding hydrogens is 266 g/mol. The Kier molecular flexibility index (Phi) is 4.40. The van der Waals surface area contributed by atoms with Crippen LogP contribution >= 0.6 is 23.4 Å². The molecule has 0 aromatic heterocycles. The van der Waals surface area contributed by atoms with Crippen LogP contribution in [0.1, 0.15) is 18.9 Å². The van der Waals surface area contributed by atoms with Gasteiger partial charge >= 0.3 is 0 Å². The van der Waals surface area contributed by atoms with Gasteiger partial charge in [0, 0.05) is 40.4 Å². The lowest BCUT2D eigenvalue weighted by Gasteiger charge is -2.34. The minimum atomic E-state index is 0.105. The van der Waals surface area contributed by atoms with Gasteiger partial charge in [0.15, 0.2) is 0 Å².